The van der Waals surface area contributed by atoms with E-state index in [1.165, 1.54) is 55.5 Å². The Morgan fingerprint density at radius 1 is 0.981 bits per heavy atom. The molecular weight excluding hydrogens is 684 g/mol. The number of esters is 2. The summed E-state index contributed by atoms with van der Waals surface area (Å²) in [5.74, 6) is -5.24. The number of aromatic hydroxyl groups is 1. The number of carboxylic acids is 1. The molecule has 6 N–H and O–H groups in total. The van der Waals surface area contributed by atoms with Crippen LogP contribution in [0.25, 0.3) is 0 Å². The lowest BCUT2D eigenvalue weighted by atomic mass is 9.50. The molecule has 1 aromatic carbocycles. The van der Waals surface area contributed by atoms with Gasteiger partial charge in [-0.15, -0.1) is 0 Å². The number of carbonyl (C=O) groups excluding carboxylic acids is 4. The molecule has 3 fully saturated rings. The van der Waals surface area contributed by atoms with E-state index in [1.807, 2.05) is 0 Å². The van der Waals surface area contributed by atoms with Crippen LogP contribution in [0.4, 0.5) is 0 Å². The molecule has 0 unspecified atom stereocenters. The van der Waals surface area contributed by atoms with Crippen molar-refractivity contribution in [3.05, 3.63) is 89.1 Å². The van der Waals surface area contributed by atoms with Crippen molar-refractivity contribution in [2.45, 2.75) is 99.1 Å². The van der Waals surface area contributed by atoms with E-state index in [2.05, 4.69) is 0 Å². The van der Waals surface area contributed by atoms with Crippen molar-refractivity contribution < 1.29 is 73.6 Å². The molecule has 6 rings (SSSR count). The maximum Gasteiger partial charge on any atom is 0.331 e. The van der Waals surface area contributed by atoms with Crippen molar-refractivity contribution in [2.24, 2.45) is 0 Å². The Hall–Kier alpha value is -4.77. The maximum atomic E-state index is 14.3. The minimum atomic E-state index is -2.85. The third kappa shape index (κ3) is 5.38. The van der Waals surface area contributed by atoms with E-state index < -0.39 is 101 Å². The summed E-state index contributed by atoms with van der Waals surface area (Å²) in [5, 5.41) is 66.9. The monoisotopic (exact) mass is 722 g/mol. The summed E-state index contributed by atoms with van der Waals surface area (Å²) in [5.41, 5.74) is -10.2. The van der Waals surface area contributed by atoms with Crippen LogP contribution in [-0.4, -0.2) is 107 Å². The van der Waals surface area contributed by atoms with Gasteiger partial charge in [-0.3, -0.25) is 14.4 Å². The molecule has 2 saturated heterocycles. The molecule has 15 heteroatoms. The SMILES string of the molecule is CC(=O)O[C@@H]1[C@@H](C)O[C@@H](c2ccc3c(c2O)[C@@H](O)[C@]24O[C@@]2(C3=O)[C@@]2(O)C(=O)C=C(C)C[C@@]2(O)C[C@@H]4O)C[C@H]1OC(=O)/C=C/C=C/C=C/C=C/C(=O)O. The number of aliphatic carboxylic acids is 1. The number of aliphatic hydroxyl groups is 4. The number of aliphatic hydroxyl groups excluding tert-OH is 2. The third-order valence-corrected chi connectivity index (χ3v) is 10.4. The molecular formula is C37H38O15. The van der Waals surface area contributed by atoms with Crippen LogP contribution >= 0.6 is 0 Å². The van der Waals surface area contributed by atoms with Gasteiger partial charge in [-0.2, -0.15) is 0 Å². The average Bonchev–Trinajstić information content (AvgIpc) is 3.79. The van der Waals surface area contributed by atoms with Crippen LogP contribution in [-0.2, 0) is 38.1 Å². The van der Waals surface area contributed by atoms with E-state index in [0.29, 0.717) is 5.57 Å². The summed E-state index contributed by atoms with van der Waals surface area (Å²) in [6, 6.07) is 2.56. The lowest BCUT2D eigenvalue weighted by Crippen LogP contribution is -2.78. The van der Waals surface area contributed by atoms with Crippen molar-refractivity contribution in [1.29, 1.82) is 0 Å². The second kappa shape index (κ2) is 13.0. The predicted molar refractivity (Wildman–Crippen MR) is 175 cm³/mol. The van der Waals surface area contributed by atoms with Gasteiger partial charge in [-0.05, 0) is 19.9 Å². The second-order valence-corrected chi connectivity index (χ2v) is 13.7. The highest BCUT2D eigenvalue weighted by Crippen LogP contribution is 2.73. The zero-order valence-corrected chi connectivity index (χ0v) is 28.3. The van der Waals surface area contributed by atoms with Crippen LogP contribution in [0.15, 0.2) is 72.4 Å². The summed E-state index contributed by atoms with van der Waals surface area (Å²) in [6.45, 7) is 4.28. The summed E-state index contributed by atoms with van der Waals surface area (Å²) in [4.78, 5) is 62.9. The molecule has 1 saturated carbocycles. The van der Waals surface area contributed by atoms with E-state index in [0.717, 1.165) is 18.2 Å². The highest BCUT2D eigenvalue weighted by molar-refractivity contribution is 6.17. The van der Waals surface area contributed by atoms with Crippen molar-refractivity contribution >= 4 is 29.5 Å². The average molecular weight is 723 g/mol. The molecule has 0 spiro atoms. The van der Waals surface area contributed by atoms with Gasteiger partial charge in [0, 0.05) is 55.0 Å². The molecule has 15 nitrogen and oxygen atoms in total. The highest BCUT2D eigenvalue weighted by Gasteiger charge is 2.96. The van der Waals surface area contributed by atoms with Gasteiger partial charge in [-0.25, -0.2) is 9.59 Å². The number of phenolic OH excluding ortho intramolecular Hbond substituents is 1. The van der Waals surface area contributed by atoms with Gasteiger partial charge < -0.3 is 49.6 Å². The fourth-order valence-electron chi connectivity index (χ4n) is 8.29. The number of ether oxygens (including phenoxy) is 4. The number of carboxylic acid groups (broad SMARTS) is 1. The van der Waals surface area contributed by atoms with Crippen molar-refractivity contribution in [3.8, 4) is 5.75 Å². The summed E-state index contributed by atoms with van der Waals surface area (Å²) in [7, 11) is 0. The molecule has 276 valence electrons. The largest absolute Gasteiger partial charge is 0.507 e. The summed E-state index contributed by atoms with van der Waals surface area (Å²) in [6.07, 6.45) is 3.02. The number of phenols is 1. The zero-order valence-electron chi connectivity index (χ0n) is 28.3. The minimum Gasteiger partial charge on any atom is -0.507 e. The number of epoxide rings is 1. The van der Waals surface area contributed by atoms with Crippen molar-refractivity contribution in [1.82, 2.24) is 0 Å². The predicted octanol–water partition coefficient (Wildman–Crippen LogP) is 1.28. The zero-order chi connectivity index (χ0) is 38.0. The first-order valence-corrected chi connectivity index (χ1v) is 16.5. The number of hydrogen-bond donors (Lipinski definition) is 6. The molecule has 0 radical (unpaired) electrons. The molecule has 2 heterocycles. The van der Waals surface area contributed by atoms with Crippen LogP contribution in [0, 0.1) is 0 Å². The number of ketones is 2. The van der Waals surface area contributed by atoms with Crippen LogP contribution < -0.4 is 0 Å². The second-order valence-electron chi connectivity index (χ2n) is 13.7. The molecule has 3 aliphatic carbocycles. The van der Waals surface area contributed by atoms with Crippen LogP contribution in [0.3, 0.4) is 0 Å². The Kier molecular flexibility index (Phi) is 9.26. The van der Waals surface area contributed by atoms with Gasteiger partial charge in [-0.1, -0.05) is 54.2 Å². The highest BCUT2D eigenvalue weighted by atomic mass is 16.7. The summed E-state index contributed by atoms with van der Waals surface area (Å²) >= 11 is 0. The van der Waals surface area contributed by atoms with Crippen LogP contribution in [0.1, 0.15) is 73.7 Å². The van der Waals surface area contributed by atoms with E-state index >= 15 is 0 Å². The first kappa shape index (κ1) is 37.0. The van der Waals surface area contributed by atoms with Gasteiger partial charge in [0.05, 0.1) is 18.3 Å². The lowest BCUT2D eigenvalue weighted by Gasteiger charge is -2.54. The summed E-state index contributed by atoms with van der Waals surface area (Å²) < 4.78 is 23.0. The van der Waals surface area contributed by atoms with E-state index in [1.54, 1.807) is 13.8 Å². The van der Waals surface area contributed by atoms with Gasteiger partial charge in [0.15, 0.2) is 23.1 Å². The fourth-order valence-corrected chi connectivity index (χ4v) is 8.29. The molecule has 0 amide bonds. The van der Waals surface area contributed by atoms with Gasteiger partial charge >= 0.3 is 17.9 Å². The molecule has 2 aliphatic heterocycles. The number of hydrogen-bond acceptors (Lipinski definition) is 14. The Morgan fingerprint density at radius 3 is 2.29 bits per heavy atom. The van der Waals surface area contributed by atoms with E-state index in [4.69, 9.17) is 24.1 Å². The Morgan fingerprint density at radius 2 is 1.63 bits per heavy atom. The standard InChI is InChI=1S/C37H38O15/c1-18-14-25(39)36(48)34(47,16-18)17-26(40)35-33(46)29-22(32(45)37(35,36)52-35)13-12-21(30(29)44)23-15-24(31(19(2)49-23)50-20(3)38)51-28(43)11-9-7-5-4-6-8-10-27(41)42/h4-14,19,23-24,26,31,33,40,44,46-48H,15-17H2,1-3H3,(H,41,42)/b6-4+,7-5+,10-8+,11-9+/t19-,23-,24-,26+,31-,33-,34-,35+,36-,37-/m1/s1. The van der Waals surface area contributed by atoms with Crippen LogP contribution in [0.5, 0.6) is 5.75 Å². The molecule has 0 bridgehead atoms. The number of benzene rings is 1. The number of Topliss-reactive ketones (excluding diaryl/α,β-unsaturated/α-hetero) is 1. The van der Waals surface area contributed by atoms with Crippen LogP contribution in [0.2, 0.25) is 0 Å². The van der Waals surface area contributed by atoms with E-state index in [9.17, 15) is 49.5 Å². The quantitative estimate of drug-likeness (QED) is 0.0958. The first-order valence-electron chi connectivity index (χ1n) is 16.5. The van der Waals surface area contributed by atoms with Crippen molar-refractivity contribution in [2.75, 3.05) is 0 Å². The van der Waals surface area contributed by atoms with Gasteiger partial charge in [0.1, 0.15) is 23.6 Å². The number of rotatable bonds is 8. The third-order valence-electron chi connectivity index (χ3n) is 10.4. The maximum absolute atomic E-state index is 14.3. The lowest BCUT2D eigenvalue weighted by molar-refractivity contribution is -0.210. The number of fused-ring (bicyclic) bond motifs is 2. The van der Waals surface area contributed by atoms with E-state index in [-0.39, 0.29) is 29.5 Å². The molecule has 0 aromatic heterocycles. The first-order chi connectivity index (χ1) is 24.4. The topological polar surface area (TPSA) is 247 Å². The fraction of sp³-hybridized carbons (Fsp3) is 0.432. The Labute approximate surface area is 296 Å². The number of allylic oxidation sites excluding steroid dienone is 6. The number of carbonyl (C=O) groups is 5. The Bertz CT molecular complexity index is 1890. The molecule has 52 heavy (non-hydrogen) atoms. The molecule has 1 aromatic rings. The van der Waals surface area contributed by atoms with Crippen molar-refractivity contribution in [3.63, 3.8) is 0 Å². The molecule has 5 aliphatic rings. The smallest absolute Gasteiger partial charge is 0.331 e. The molecule has 10 atom stereocenters. The minimum absolute atomic E-state index is 0.0411. The van der Waals surface area contributed by atoms with Gasteiger partial charge in [0.25, 0.3) is 0 Å². The normalized spacial score (nSPS) is 38.1. The van der Waals surface area contributed by atoms with Gasteiger partial charge in [0.2, 0.25) is 11.4 Å². The Balaban J connectivity index is 1.29.